The van der Waals surface area contributed by atoms with Crippen molar-refractivity contribution in [2.45, 2.75) is 25.3 Å². The number of thiophene rings is 1. The Labute approximate surface area is 121 Å². The van der Waals surface area contributed by atoms with E-state index in [0.29, 0.717) is 5.82 Å². The molecule has 20 heavy (non-hydrogen) atoms. The van der Waals surface area contributed by atoms with Crippen LogP contribution in [0.25, 0.3) is 0 Å². The monoisotopic (exact) mass is 289 g/mol. The van der Waals surface area contributed by atoms with Crippen LogP contribution in [0.3, 0.4) is 0 Å². The van der Waals surface area contributed by atoms with E-state index >= 15 is 0 Å². The van der Waals surface area contributed by atoms with Gasteiger partial charge in [0.25, 0.3) is 0 Å². The van der Waals surface area contributed by atoms with Gasteiger partial charge in [-0.3, -0.25) is 0 Å². The van der Waals surface area contributed by atoms with Crippen LogP contribution < -0.4 is 5.32 Å². The largest absolute Gasteiger partial charge is 0.464 e. The lowest BCUT2D eigenvalue weighted by Crippen LogP contribution is -2.17. The topological polar surface area (TPSA) is 64.1 Å². The van der Waals surface area contributed by atoms with Crippen LogP contribution in [-0.2, 0) is 11.2 Å². The lowest BCUT2D eigenvalue weighted by atomic mass is 9.94. The first kappa shape index (κ1) is 13.1. The number of esters is 1. The van der Waals surface area contributed by atoms with Gasteiger partial charge in [0.1, 0.15) is 5.82 Å². The van der Waals surface area contributed by atoms with Crippen molar-refractivity contribution >= 4 is 23.1 Å². The Kier molecular flexibility index (Phi) is 3.64. The first-order valence-corrected chi connectivity index (χ1v) is 7.41. The average Bonchev–Trinajstić information content (AvgIpc) is 2.97. The minimum absolute atomic E-state index is 0.220. The highest BCUT2D eigenvalue weighted by Gasteiger charge is 2.21. The van der Waals surface area contributed by atoms with Gasteiger partial charge in [0.05, 0.1) is 13.2 Å². The molecular formula is C14H15N3O2S. The summed E-state index contributed by atoms with van der Waals surface area (Å²) >= 11 is 1.81. The van der Waals surface area contributed by atoms with Gasteiger partial charge in [-0.1, -0.05) is 0 Å². The van der Waals surface area contributed by atoms with Crippen LogP contribution in [0, 0.1) is 0 Å². The number of carbonyl (C=O) groups excluding carboxylic acids is 1. The molecule has 0 aliphatic heterocycles. The summed E-state index contributed by atoms with van der Waals surface area (Å²) in [5, 5.41) is 13.4. The third-order valence-electron chi connectivity index (χ3n) is 3.43. The first-order valence-electron chi connectivity index (χ1n) is 6.53. The Bertz CT molecular complexity index is 609. The predicted molar refractivity (Wildman–Crippen MR) is 77.0 cm³/mol. The average molecular weight is 289 g/mol. The predicted octanol–water partition coefficient (Wildman–Crippen LogP) is 2.81. The Morgan fingerprint density at radius 2 is 2.30 bits per heavy atom. The van der Waals surface area contributed by atoms with Crippen LogP contribution in [-0.4, -0.2) is 23.3 Å². The molecule has 0 amide bonds. The lowest BCUT2D eigenvalue weighted by molar-refractivity contribution is 0.0593. The number of methoxy groups -OCH3 is 1. The molecule has 1 aliphatic rings. The molecular weight excluding hydrogens is 274 g/mol. The minimum Gasteiger partial charge on any atom is -0.464 e. The number of nitrogens with zero attached hydrogens (tertiary/aromatic N) is 2. The molecule has 3 rings (SSSR count). The van der Waals surface area contributed by atoms with Gasteiger partial charge >= 0.3 is 5.97 Å². The Hall–Kier alpha value is -1.95. The van der Waals surface area contributed by atoms with Gasteiger partial charge < -0.3 is 10.1 Å². The molecule has 0 saturated carbocycles. The summed E-state index contributed by atoms with van der Waals surface area (Å²) in [6, 6.07) is 5.84. The van der Waals surface area contributed by atoms with Gasteiger partial charge in [0.15, 0.2) is 5.69 Å². The lowest BCUT2D eigenvalue weighted by Gasteiger charge is -2.23. The van der Waals surface area contributed by atoms with Gasteiger partial charge in [-0.2, -0.15) is 0 Å². The number of hydrogen-bond acceptors (Lipinski definition) is 6. The van der Waals surface area contributed by atoms with Gasteiger partial charge in [-0.15, -0.1) is 21.5 Å². The summed E-state index contributed by atoms with van der Waals surface area (Å²) < 4.78 is 4.60. The van der Waals surface area contributed by atoms with Crippen molar-refractivity contribution in [3.63, 3.8) is 0 Å². The van der Waals surface area contributed by atoms with Crippen molar-refractivity contribution in [3.05, 3.63) is 39.7 Å². The molecule has 0 bridgehead atoms. The molecule has 5 nitrogen and oxygen atoms in total. The molecule has 1 atom stereocenters. The molecule has 1 N–H and O–H groups in total. The van der Waals surface area contributed by atoms with E-state index in [9.17, 15) is 4.79 Å². The Morgan fingerprint density at radius 3 is 3.05 bits per heavy atom. The fraction of sp³-hybridized carbons (Fsp3) is 0.357. The van der Waals surface area contributed by atoms with Crippen LogP contribution in [0.1, 0.15) is 39.8 Å². The zero-order chi connectivity index (χ0) is 13.9. The van der Waals surface area contributed by atoms with E-state index in [-0.39, 0.29) is 11.7 Å². The molecule has 2 aromatic heterocycles. The third kappa shape index (κ3) is 2.51. The zero-order valence-electron chi connectivity index (χ0n) is 11.1. The number of carbonyl (C=O) groups is 1. The maximum absolute atomic E-state index is 11.3. The van der Waals surface area contributed by atoms with Gasteiger partial charge in [0.2, 0.25) is 0 Å². The summed E-state index contributed by atoms with van der Waals surface area (Å²) in [4.78, 5) is 12.8. The number of ether oxygens (including phenoxy) is 1. The van der Waals surface area contributed by atoms with E-state index in [1.807, 2.05) is 11.3 Å². The Morgan fingerprint density at radius 1 is 1.40 bits per heavy atom. The van der Waals surface area contributed by atoms with Crippen LogP contribution in [0.4, 0.5) is 5.82 Å². The fourth-order valence-electron chi connectivity index (χ4n) is 2.44. The number of rotatable bonds is 3. The molecule has 1 aliphatic carbocycles. The Balaban J connectivity index is 1.75. The number of fused-ring (bicyclic) bond motifs is 1. The van der Waals surface area contributed by atoms with Crippen LogP contribution in [0.5, 0.6) is 0 Å². The number of aromatic nitrogens is 2. The zero-order valence-corrected chi connectivity index (χ0v) is 11.9. The SMILES string of the molecule is COC(=O)c1ccc(NC2CCCc3sccc32)nn1. The summed E-state index contributed by atoms with van der Waals surface area (Å²) in [5.74, 6) is 0.212. The van der Waals surface area contributed by atoms with Crippen LogP contribution >= 0.6 is 11.3 Å². The molecule has 104 valence electrons. The summed E-state index contributed by atoms with van der Waals surface area (Å²) in [6.45, 7) is 0. The molecule has 0 saturated heterocycles. The van der Waals surface area contributed by atoms with Crippen LogP contribution in [0.2, 0.25) is 0 Å². The van der Waals surface area contributed by atoms with Crippen molar-refractivity contribution in [3.8, 4) is 0 Å². The normalized spacial score (nSPS) is 17.4. The fourth-order valence-corrected chi connectivity index (χ4v) is 3.43. The summed E-state index contributed by atoms with van der Waals surface area (Å²) in [7, 11) is 1.33. The molecule has 6 heteroatoms. The second-order valence-electron chi connectivity index (χ2n) is 4.68. The molecule has 0 aromatic carbocycles. The summed E-state index contributed by atoms with van der Waals surface area (Å²) in [6.07, 6.45) is 3.43. The molecule has 2 aromatic rings. The number of aryl methyl sites for hydroxylation is 1. The van der Waals surface area contributed by atoms with E-state index < -0.39 is 5.97 Å². The van der Waals surface area contributed by atoms with Gasteiger partial charge in [-0.25, -0.2) is 4.79 Å². The highest BCUT2D eigenvalue weighted by molar-refractivity contribution is 7.10. The van der Waals surface area contributed by atoms with Crippen molar-refractivity contribution in [1.82, 2.24) is 10.2 Å². The van der Waals surface area contributed by atoms with E-state index in [2.05, 4.69) is 31.7 Å². The van der Waals surface area contributed by atoms with E-state index in [0.717, 1.165) is 12.8 Å². The third-order valence-corrected chi connectivity index (χ3v) is 4.43. The molecule has 1 unspecified atom stereocenters. The van der Waals surface area contributed by atoms with Crippen molar-refractivity contribution in [1.29, 1.82) is 0 Å². The first-order chi connectivity index (χ1) is 9.78. The molecule has 2 heterocycles. The minimum atomic E-state index is -0.471. The smallest absolute Gasteiger partial charge is 0.358 e. The van der Waals surface area contributed by atoms with Gasteiger partial charge in [0, 0.05) is 4.88 Å². The van der Waals surface area contributed by atoms with E-state index in [4.69, 9.17) is 0 Å². The standard InChI is InChI=1S/C14H15N3O2S/c1-19-14(18)11-5-6-13(17-16-11)15-10-3-2-4-12-9(10)7-8-20-12/h5-8,10H,2-4H2,1H3,(H,15,17). The molecule has 0 spiro atoms. The number of hydrogen-bond donors (Lipinski definition) is 1. The second kappa shape index (κ2) is 5.58. The number of anilines is 1. The number of nitrogens with one attached hydrogen (secondary N) is 1. The van der Waals surface area contributed by atoms with Gasteiger partial charge in [-0.05, 0) is 48.4 Å². The molecule has 0 radical (unpaired) electrons. The molecule has 0 fully saturated rings. The second-order valence-corrected chi connectivity index (χ2v) is 5.68. The summed E-state index contributed by atoms with van der Waals surface area (Å²) in [5.41, 5.74) is 1.58. The van der Waals surface area contributed by atoms with Crippen molar-refractivity contribution < 1.29 is 9.53 Å². The highest BCUT2D eigenvalue weighted by Crippen LogP contribution is 2.35. The van der Waals surface area contributed by atoms with Crippen molar-refractivity contribution in [2.75, 3.05) is 12.4 Å². The van der Waals surface area contributed by atoms with E-state index in [1.54, 1.807) is 12.1 Å². The quantitative estimate of drug-likeness (QED) is 0.880. The van der Waals surface area contributed by atoms with Crippen LogP contribution in [0.15, 0.2) is 23.6 Å². The van der Waals surface area contributed by atoms with Crippen molar-refractivity contribution in [2.24, 2.45) is 0 Å². The maximum atomic E-state index is 11.3. The maximum Gasteiger partial charge on any atom is 0.358 e. The van der Waals surface area contributed by atoms with E-state index in [1.165, 1.54) is 24.0 Å². The highest BCUT2D eigenvalue weighted by atomic mass is 32.1.